The van der Waals surface area contributed by atoms with Crippen LogP contribution in [0.1, 0.15) is 23.7 Å². The third-order valence-electron chi connectivity index (χ3n) is 3.81. The smallest absolute Gasteiger partial charge is 0.222 e. The number of aromatic nitrogens is 2. The van der Waals surface area contributed by atoms with Crippen molar-refractivity contribution in [3.05, 3.63) is 45.0 Å². The Kier molecular flexibility index (Phi) is 5.04. The van der Waals surface area contributed by atoms with Gasteiger partial charge in [0.1, 0.15) is 5.82 Å². The van der Waals surface area contributed by atoms with Crippen molar-refractivity contribution in [3.8, 4) is 0 Å². The number of benzene rings is 1. The standard InChI is InChI=1S/C16H18BrClN4O/c1-10-7-15(21-16(19)20-10)22-5-2-6-23-9-14(22)12-4-3-11(17)8-13(12)18/h3-4,7-8,14H,2,5-6,9H2,1H3,(H2,19,20,21)/t14-/m1/s1. The molecule has 0 radical (unpaired) electrons. The first kappa shape index (κ1) is 16.5. The van der Waals surface area contributed by atoms with Crippen LogP contribution in [0.4, 0.5) is 11.8 Å². The first-order valence-corrected chi connectivity index (χ1v) is 8.62. The van der Waals surface area contributed by atoms with Crippen molar-refractivity contribution in [2.75, 3.05) is 30.4 Å². The zero-order valence-electron chi connectivity index (χ0n) is 12.8. The van der Waals surface area contributed by atoms with E-state index in [-0.39, 0.29) is 12.0 Å². The van der Waals surface area contributed by atoms with Gasteiger partial charge in [0, 0.05) is 34.4 Å². The van der Waals surface area contributed by atoms with Crippen LogP contribution in [0.15, 0.2) is 28.7 Å². The molecule has 2 N–H and O–H groups in total. The fourth-order valence-corrected chi connectivity index (χ4v) is 3.60. The SMILES string of the molecule is Cc1cc(N2CCCOC[C@@H]2c2ccc(Br)cc2Cl)nc(N)n1. The van der Waals surface area contributed by atoms with E-state index in [0.717, 1.165) is 41.1 Å². The molecule has 1 saturated heterocycles. The van der Waals surface area contributed by atoms with Crippen LogP contribution in [-0.2, 0) is 4.74 Å². The first-order valence-electron chi connectivity index (χ1n) is 7.45. The maximum atomic E-state index is 6.46. The largest absolute Gasteiger partial charge is 0.379 e. The van der Waals surface area contributed by atoms with Gasteiger partial charge in [-0.2, -0.15) is 4.98 Å². The fraction of sp³-hybridized carbons (Fsp3) is 0.375. The van der Waals surface area contributed by atoms with Crippen LogP contribution in [0.2, 0.25) is 5.02 Å². The molecular weight excluding hydrogens is 380 g/mol. The molecule has 0 saturated carbocycles. The Hall–Kier alpha value is -1.37. The quantitative estimate of drug-likeness (QED) is 0.836. The highest BCUT2D eigenvalue weighted by Gasteiger charge is 2.26. The molecule has 1 aliphatic rings. The van der Waals surface area contributed by atoms with E-state index in [0.29, 0.717) is 11.6 Å². The number of aryl methyl sites for hydroxylation is 1. The van der Waals surface area contributed by atoms with Gasteiger partial charge < -0.3 is 15.4 Å². The van der Waals surface area contributed by atoms with Gasteiger partial charge in [0.05, 0.1) is 12.6 Å². The molecule has 0 aliphatic carbocycles. The van der Waals surface area contributed by atoms with Crippen molar-refractivity contribution >= 4 is 39.3 Å². The molecule has 5 nitrogen and oxygen atoms in total. The molecule has 0 bridgehead atoms. The average molecular weight is 398 g/mol. The van der Waals surface area contributed by atoms with Crippen molar-refractivity contribution in [2.45, 2.75) is 19.4 Å². The van der Waals surface area contributed by atoms with Crippen LogP contribution >= 0.6 is 27.5 Å². The van der Waals surface area contributed by atoms with Crippen molar-refractivity contribution < 1.29 is 4.74 Å². The minimum absolute atomic E-state index is 0.00759. The summed E-state index contributed by atoms with van der Waals surface area (Å²) in [5.74, 6) is 1.09. The van der Waals surface area contributed by atoms with Crippen LogP contribution in [0.3, 0.4) is 0 Å². The molecule has 23 heavy (non-hydrogen) atoms. The predicted molar refractivity (Wildman–Crippen MR) is 95.9 cm³/mol. The van der Waals surface area contributed by atoms with E-state index in [1.165, 1.54) is 0 Å². The number of ether oxygens (including phenoxy) is 1. The van der Waals surface area contributed by atoms with E-state index in [2.05, 4.69) is 30.8 Å². The summed E-state index contributed by atoms with van der Waals surface area (Å²) in [6, 6.07) is 7.85. The lowest BCUT2D eigenvalue weighted by atomic mass is 10.1. The maximum Gasteiger partial charge on any atom is 0.222 e. The lowest BCUT2D eigenvalue weighted by molar-refractivity contribution is 0.134. The topological polar surface area (TPSA) is 64.3 Å². The second kappa shape index (κ2) is 7.03. The number of nitrogen functional groups attached to an aromatic ring is 1. The molecule has 1 fully saturated rings. The lowest BCUT2D eigenvalue weighted by Gasteiger charge is -2.31. The van der Waals surface area contributed by atoms with Gasteiger partial charge in [0.25, 0.3) is 0 Å². The zero-order valence-corrected chi connectivity index (χ0v) is 15.1. The van der Waals surface area contributed by atoms with Gasteiger partial charge in [-0.25, -0.2) is 4.98 Å². The summed E-state index contributed by atoms with van der Waals surface area (Å²) in [4.78, 5) is 10.8. The molecule has 1 aliphatic heterocycles. The molecular formula is C16H18BrClN4O. The van der Waals surface area contributed by atoms with Gasteiger partial charge in [0.2, 0.25) is 5.95 Å². The van der Waals surface area contributed by atoms with Crippen LogP contribution in [-0.4, -0.2) is 29.7 Å². The Morgan fingerprint density at radius 3 is 2.91 bits per heavy atom. The summed E-state index contributed by atoms with van der Waals surface area (Å²) < 4.78 is 6.73. The molecule has 1 atom stereocenters. The lowest BCUT2D eigenvalue weighted by Crippen LogP contribution is -2.32. The monoisotopic (exact) mass is 396 g/mol. The summed E-state index contributed by atoms with van der Waals surface area (Å²) in [6.45, 7) is 4.02. The predicted octanol–water partition coefficient (Wildman–Crippen LogP) is 3.75. The number of nitrogens with two attached hydrogens (primary N) is 1. The number of halogens is 2. The van der Waals surface area contributed by atoms with Crippen LogP contribution < -0.4 is 10.6 Å². The summed E-state index contributed by atoms with van der Waals surface area (Å²) in [5.41, 5.74) is 7.69. The zero-order chi connectivity index (χ0) is 16.4. The summed E-state index contributed by atoms with van der Waals surface area (Å²) in [6.07, 6.45) is 0.924. The van der Waals surface area contributed by atoms with Gasteiger partial charge in [-0.3, -0.25) is 0 Å². The van der Waals surface area contributed by atoms with Gasteiger partial charge in [0.15, 0.2) is 0 Å². The molecule has 7 heteroatoms. The molecule has 122 valence electrons. The van der Waals surface area contributed by atoms with Crippen LogP contribution in [0.25, 0.3) is 0 Å². The Morgan fingerprint density at radius 1 is 1.35 bits per heavy atom. The highest BCUT2D eigenvalue weighted by molar-refractivity contribution is 9.10. The molecule has 2 aromatic rings. The Morgan fingerprint density at radius 2 is 2.17 bits per heavy atom. The van der Waals surface area contributed by atoms with Gasteiger partial charge >= 0.3 is 0 Å². The second-order valence-corrected chi connectivity index (χ2v) is 6.85. The third kappa shape index (κ3) is 3.76. The van der Waals surface area contributed by atoms with Crippen molar-refractivity contribution in [1.29, 1.82) is 0 Å². The highest BCUT2D eigenvalue weighted by Crippen LogP contribution is 2.34. The summed E-state index contributed by atoms with van der Waals surface area (Å²) in [7, 11) is 0. The number of hydrogen-bond donors (Lipinski definition) is 1. The van der Waals surface area contributed by atoms with E-state index in [1.54, 1.807) is 0 Å². The highest BCUT2D eigenvalue weighted by atomic mass is 79.9. The van der Waals surface area contributed by atoms with Crippen molar-refractivity contribution in [1.82, 2.24) is 9.97 Å². The fourth-order valence-electron chi connectivity index (χ4n) is 2.80. The van der Waals surface area contributed by atoms with Crippen LogP contribution in [0.5, 0.6) is 0 Å². The average Bonchev–Trinajstić information content (AvgIpc) is 2.72. The van der Waals surface area contributed by atoms with E-state index in [1.807, 2.05) is 31.2 Å². The summed E-state index contributed by atoms with van der Waals surface area (Å²) in [5, 5.41) is 0.707. The van der Waals surface area contributed by atoms with Gasteiger partial charge in [-0.1, -0.05) is 33.6 Å². The van der Waals surface area contributed by atoms with E-state index in [4.69, 9.17) is 22.1 Å². The minimum atomic E-state index is -0.00759. The number of nitrogens with zero attached hydrogens (tertiary/aromatic N) is 3. The molecule has 1 aromatic heterocycles. The molecule has 0 spiro atoms. The first-order chi connectivity index (χ1) is 11.0. The number of anilines is 2. The van der Waals surface area contributed by atoms with Crippen LogP contribution in [0, 0.1) is 6.92 Å². The second-order valence-electron chi connectivity index (χ2n) is 5.53. The summed E-state index contributed by atoms with van der Waals surface area (Å²) >= 11 is 9.91. The van der Waals surface area contributed by atoms with Gasteiger partial charge in [-0.05, 0) is 31.0 Å². The van der Waals surface area contributed by atoms with E-state index >= 15 is 0 Å². The number of hydrogen-bond acceptors (Lipinski definition) is 5. The Labute approximate surface area is 148 Å². The van der Waals surface area contributed by atoms with Crippen molar-refractivity contribution in [2.24, 2.45) is 0 Å². The Balaban J connectivity index is 2.03. The molecule has 3 rings (SSSR count). The van der Waals surface area contributed by atoms with Crippen molar-refractivity contribution in [3.63, 3.8) is 0 Å². The normalized spacial score (nSPS) is 18.7. The molecule has 1 aromatic carbocycles. The molecule has 2 heterocycles. The van der Waals surface area contributed by atoms with Gasteiger partial charge in [-0.15, -0.1) is 0 Å². The third-order valence-corrected chi connectivity index (χ3v) is 4.63. The Bertz CT molecular complexity index is 692. The molecule has 0 amide bonds. The van der Waals surface area contributed by atoms with E-state index in [9.17, 15) is 0 Å². The minimum Gasteiger partial charge on any atom is -0.379 e. The van der Waals surface area contributed by atoms with E-state index < -0.39 is 0 Å². The maximum absolute atomic E-state index is 6.46. The number of rotatable bonds is 2. The molecule has 0 unspecified atom stereocenters.